The number of ether oxygens (including phenoxy) is 1. The van der Waals surface area contributed by atoms with Crippen molar-refractivity contribution >= 4 is 10.0 Å². The van der Waals surface area contributed by atoms with E-state index in [0.29, 0.717) is 19.2 Å². The summed E-state index contributed by atoms with van der Waals surface area (Å²) in [5, 5.41) is 3.42. The maximum absolute atomic E-state index is 11.5. The van der Waals surface area contributed by atoms with Crippen LogP contribution in [0.25, 0.3) is 0 Å². The molecule has 1 spiro atoms. The Morgan fingerprint density at radius 2 is 2.00 bits per heavy atom. The quantitative estimate of drug-likeness (QED) is 0.693. The first-order chi connectivity index (χ1) is 9.95. The molecule has 0 aromatic heterocycles. The molecular formula is C15H30N2O3S. The summed E-state index contributed by atoms with van der Waals surface area (Å²) >= 11 is 0. The molecule has 0 aromatic rings. The van der Waals surface area contributed by atoms with Crippen molar-refractivity contribution in [1.29, 1.82) is 0 Å². The maximum atomic E-state index is 11.5. The Morgan fingerprint density at radius 1 is 1.29 bits per heavy atom. The lowest BCUT2D eigenvalue weighted by molar-refractivity contribution is -0.0350. The van der Waals surface area contributed by atoms with Crippen LogP contribution in [-0.4, -0.2) is 56.9 Å². The number of rotatable bonds is 8. The van der Waals surface area contributed by atoms with Gasteiger partial charge >= 0.3 is 0 Å². The molecule has 2 rings (SSSR count). The van der Waals surface area contributed by atoms with Crippen molar-refractivity contribution in [2.24, 2.45) is 0 Å². The third kappa shape index (κ3) is 4.91. The lowest BCUT2D eigenvalue weighted by Gasteiger charge is -2.24. The molecule has 0 amide bonds. The first-order valence-corrected chi connectivity index (χ1v) is 10.1. The highest BCUT2D eigenvalue weighted by Gasteiger charge is 2.41. The third-order valence-corrected chi connectivity index (χ3v) is 6.19. The van der Waals surface area contributed by atoms with Crippen molar-refractivity contribution in [3.63, 3.8) is 0 Å². The average Bonchev–Trinajstić information content (AvgIpc) is 3.03. The summed E-state index contributed by atoms with van der Waals surface area (Å²) < 4.78 is 30.7. The first kappa shape index (κ1) is 17.2. The Bertz CT molecular complexity index is 419. The van der Waals surface area contributed by atoms with Crippen LogP contribution in [0.15, 0.2) is 0 Å². The number of hydrogen-bond acceptors (Lipinski definition) is 4. The molecule has 21 heavy (non-hydrogen) atoms. The van der Waals surface area contributed by atoms with Crippen LogP contribution in [0.4, 0.5) is 0 Å². The number of nitrogens with zero attached hydrogens (tertiary/aromatic N) is 1. The lowest BCUT2D eigenvalue weighted by Crippen LogP contribution is -2.34. The molecule has 0 radical (unpaired) electrons. The Hall–Kier alpha value is -0.170. The van der Waals surface area contributed by atoms with Crippen molar-refractivity contribution in [1.82, 2.24) is 9.62 Å². The zero-order valence-electron chi connectivity index (χ0n) is 13.4. The highest BCUT2D eigenvalue weighted by Crippen LogP contribution is 2.43. The van der Waals surface area contributed by atoms with E-state index in [1.54, 1.807) is 0 Å². The van der Waals surface area contributed by atoms with E-state index < -0.39 is 10.0 Å². The summed E-state index contributed by atoms with van der Waals surface area (Å²) in [6, 6.07) is 0. The summed E-state index contributed by atoms with van der Waals surface area (Å²) in [4.78, 5) is 0. The summed E-state index contributed by atoms with van der Waals surface area (Å²) in [5.74, 6) is 0. The van der Waals surface area contributed by atoms with Gasteiger partial charge < -0.3 is 10.1 Å². The van der Waals surface area contributed by atoms with Gasteiger partial charge in [0.15, 0.2) is 0 Å². The molecule has 1 unspecified atom stereocenters. The van der Waals surface area contributed by atoms with Crippen LogP contribution >= 0.6 is 0 Å². The number of sulfonamides is 1. The zero-order chi connectivity index (χ0) is 15.3. The molecule has 1 aliphatic carbocycles. The van der Waals surface area contributed by atoms with Crippen LogP contribution in [0.3, 0.4) is 0 Å². The van der Waals surface area contributed by atoms with Gasteiger partial charge in [-0.1, -0.05) is 19.8 Å². The second kappa shape index (κ2) is 7.40. The number of nitrogens with one attached hydrogen (secondary N) is 1. The van der Waals surface area contributed by atoms with Gasteiger partial charge in [-0.15, -0.1) is 0 Å². The van der Waals surface area contributed by atoms with Gasteiger partial charge in [-0.3, -0.25) is 0 Å². The Morgan fingerprint density at radius 3 is 2.62 bits per heavy atom. The SMILES string of the molecule is CCN(CCCNCC1CCC2(CCCC2)O1)S(C)(=O)=O. The van der Waals surface area contributed by atoms with Gasteiger partial charge in [0.05, 0.1) is 18.0 Å². The minimum atomic E-state index is -3.05. The standard InChI is InChI=1S/C15H30N2O3S/c1-3-17(21(2,18)19)12-6-11-16-13-14-7-10-15(20-14)8-4-5-9-15/h14,16H,3-13H2,1-2H3. The Balaban J connectivity index is 1.58. The fourth-order valence-corrected chi connectivity index (χ4v) is 4.56. The van der Waals surface area contributed by atoms with Crippen molar-refractivity contribution in [3.05, 3.63) is 0 Å². The minimum absolute atomic E-state index is 0.210. The van der Waals surface area contributed by atoms with Gasteiger partial charge in [0, 0.05) is 19.6 Å². The van der Waals surface area contributed by atoms with Crippen molar-refractivity contribution < 1.29 is 13.2 Å². The van der Waals surface area contributed by atoms with Gasteiger partial charge in [-0.05, 0) is 38.6 Å². The molecule has 2 aliphatic rings. The predicted octanol–water partition coefficient (Wildman–Crippen LogP) is 1.74. The number of hydrogen-bond donors (Lipinski definition) is 1. The van der Waals surface area contributed by atoms with Gasteiger partial charge in [0.2, 0.25) is 10.0 Å². The average molecular weight is 318 g/mol. The summed E-state index contributed by atoms with van der Waals surface area (Å²) in [6.07, 6.45) is 9.97. The van der Waals surface area contributed by atoms with E-state index in [-0.39, 0.29) is 5.60 Å². The molecule has 2 fully saturated rings. The van der Waals surface area contributed by atoms with Crippen molar-refractivity contribution in [2.45, 2.75) is 63.6 Å². The first-order valence-electron chi connectivity index (χ1n) is 8.29. The van der Waals surface area contributed by atoms with E-state index in [4.69, 9.17) is 4.74 Å². The summed E-state index contributed by atoms with van der Waals surface area (Å²) in [6.45, 7) is 4.76. The minimum Gasteiger partial charge on any atom is -0.370 e. The molecule has 1 atom stereocenters. The summed E-state index contributed by atoms with van der Waals surface area (Å²) in [5.41, 5.74) is 0.210. The van der Waals surface area contributed by atoms with Crippen molar-refractivity contribution in [3.8, 4) is 0 Å². The van der Waals surface area contributed by atoms with Crippen LogP contribution in [0.5, 0.6) is 0 Å². The lowest BCUT2D eigenvalue weighted by atomic mass is 9.98. The smallest absolute Gasteiger partial charge is 0.211 e. The van der Waals surface area contributed by atoms with Crippen LogP contribution in [0.2, 0.25) is 0 Å². The Kier molecular flexibility index (Phi) is 6.05. The largest absolute Gasteiger partial charge is 0.370 e. The Labute approximate surface area is 129 Å². The molecule has 6 heteroatoms. The normalized spacial score (nSPS) is 25.2. The fourth-order valence-electron chi connectivity index (χ4n) is 3.63. The molecule has 1 heterocycles. The monoisotopic (exact) mass is 318 g/mol. The van der Waals surface area contributed by atoms with Crippen LogP contribution in [0, 0.1) is 0 Å². The second-order valence-electron chi connectivity index (χ2n) is 6.48. The van der Waals surface area contributed by atoms with E-state index >= 15 is 0 Å². The van der Waals surface area contributed by atoms with E-state index in [9.17, 15) is 8.42 Å². The van der Waals surface area contributed by atoms with E-state index in [1.165, 1.54) is 42.7 Å². The van der Waals surface area contributed by atoms with E-state index in [1.807, 2.05) is 6.92 Å². The van der Waals surface area contributed by atoms with Gasteiger partial charge in [0.25, 0.3) is 0 Å². The van der Waals surface area contributed by atoms with Gasteiger partial charge in [-0.25, -0.2) is 12.7 Å². The molecule has 0 aromatic carbocycles. The fraction of sp³-hybridized carbons (Fsp3) is 1.00. The van der Waals surface area contributed by atoms with E-state index in [0.717, 1.165) is 25.9 Å². The zero-order valence-corrected chi connectivity index (χ0v) is 14.3. The summed E-state index contributed by atoms with van der Waals surface area (Å²) in [7, 11) is -3.05. The molecule has 1 N–H and O–H groups in total. The second-order valence-corrected chi connectivity index (χ2v) is 8.46. The molecule has 5 nitrogen and oxygen atoms in total. The van der Waals surface area contributed by atoms with Crippen LogP contribution in [-0.2, 0) is 14.8 Å². The third-order valence-electron chi connectivity index (χ3n) is 4.81. The van der Waals surface area contributed by atoms with Gasteiger partial charge in [0.1, 0.15) is 0 Å². The topological polar surface area (TPSA) is 58.6 Å². The van der Waals surface area contributed by atoms with Crippen LogP contribution < -0.4 is 5.32 Å². The molecule has 1 saturated heterocycles. The van der Waals surface area contributed by atoms with E-state index in [2.05, 4.69) is 5.32 Å². The highest BCUT2D eigenvalue weighted by atomic mass is 32.2. The highest BCUT2D eigenvalue weighted by molar-refractivity contribution is 7.88. The predicted molar refractivity (Wildman–Crippen MR) is 84.9 cm³/mol. The van der Waals surface area contributed by atoms with Crippen LogP contribution in [0.1, 0.15) is 51.9 Å². The molecule has 1 aliphatic heterocycles. The molecule has 124 valence electrons. The molecule has 0 bridgehead atoms. The molecule has 1 saturated carbocycles. The van der Waals surface area contributed by atoms with Gasteiger partial charge in [-0.2, -0.15) is 0 Å². The van der Waals surface area contributed by atoms with Crippen molar-refractivity contribution in [2.75, 3.05) is 32.4 Å². The molecular weight excluding hydrogens is 288 g/mol. The maximum Gasteiger partial charge on any atom is 0.211 e.